The van der Waals surface area contributed by atoms with Crippen LogP contribution in [0.3, 0.4) is 0 Å². The zero-order valence-corrected chi connectivity index (χ0v) is 20.8. The van der Waals surface area contributed by atoms with Gasteiger partial charge in [0.15, 0.2) is 0 Å². The van der Waals surface area contributed by atoms with Crippen molar-refractivity contribution < 1.29 is 23.8 Å². The molecular weight excluding hydrogens is 446 g/mol. The van der Waals surface area contributed by atoms with Gasteiger partial charge in [-0.1, -0.05) is 79.3 Å². The van der Waals surface area contributed by atoms with Gasteiger partial charge in [0.05, 0.1) is 34.4 Å². The lowest BCUT2D eigenvalue weighted by Crippen LogP contribution is -2.53. The third-order valence-electron chi connectivity index (χ3n) is 6.62. The molecule has 4 atom stereocenters. The van der Waals surface area contributed by atoms with Crippen LogP contribution in [0.4, 0.5) is 9.59 Å². The van der Waals surface area contributed by atoms with Gasteiger partial charge in [-0.05, 0) is 29.2 Å². The maximum atomic E-state index is 13.1. The molecule has 0 bridgehead atoms. The van der Waals surface area contributed by atoms with Gasteiger partial charge >= 0.3 is 12.2 Å². The lowest BCUT2D eigenvalue weighted by atomic mass is 9.94. The van der Waals surface area contributed by atoms with Gasteiger partial charge in [0.2, 0.25) is 0 Å². The van der Waals surface area contributed by atoms with Gasteiger partial charge in [0.1, 0.15) is 6.61 Å². The topological polar surface area (TPSA) is 65.1 Å². The Balaban J connectivity index is 2.12. The molecule has 1 aliphatic rings. The minimum absolute atomic E-state index is 0.0319. The molecule has 0 aliphatic carbocycles. The quantitative estimate of drug-likeness (QED) is 0.437. The summed E-state index contributed by atoms with van der Waals surface area (Å²) in [6.07, 6.45) is -1.22. The number of amides is 1. The highest BCUT2D eigenvalue weighted by Gasteiger charge is 2.56. The standard InChI is InChI=1S/C24H30ClNO5Si/c1-16-21(17-11-13-18(25)14-12-17)26(23(27)29-2)20(15-31-24(28)30-3)22(16)32(4,5)19-9-7-6-8-10-19/h6-14,16,20-22H,15H2,1-5H3/t16-,20-,21-,22+/m1/s1. The number of hydrogen-bond donors (Lipinski definition) is 0. The van der Waals surface area contributed by atoms with Crippen LogP contribution in [0.15, 0.2) is 54.6 Å². The summed E-state index contributed by atoms with van der Waals surface area (Å²) in [6, 6.07) is 17.3. The highest BCUT2D eigenvalue weighted by Crippen LogP contribution is 2.52. The molecule has 0 aromatic heterocycles. The molecule has 172 valence electrons. The Morgan fingerprint density at radius 1 is 1.00 bits per heavy atom. The largest absolute Gasteiger partial charge is 0.508 e. The Bertz CT molecular complexity index is 937. The Labute approximate surface area is 195 Å². The summed E-state index contributed by atoms with van der Waals surface area (Å²) in [7, 11) is 0.496. The van der Waals surface area contributed by atoms with Crippen molar-refractivity contribution in [2.75, 3.05) is 20.8 Å². The Hall–Kier alpha value is -2.51. The van der Waals surface area contributed by atoms with Gasteiger partial charge in [0.25, 0.3) is 0 Å². The van der Waals surface area contributed by atoms with E-state index in [1.165, 1.54) is 19.4 Å². The number of likely N-dealkylation sites (tertiary alicyclic amines) is 1. The number of ether oxygens (including phenoxy) is 3. The fraction of sp³-hybridized carbons (Fsp3) is 0.417. The third kappa shape index (κ3) is 4.64. The van der Waals surface area contributed by atoms with Crippen LogP contribution < -0.4 is 5.19 Å². The van der Waals surface area contributed by atoms with E-state index in [1.807, 2.05) is 42.5 Å². The number of carbonyl (C=O) groups is 2. The predicted molar refractivity (Wildman–Crippen MR) is 127 cm³/mol. The number of methoxy groups -OCH3 is 2. The monoisotopic (exact) mass is 475 g/mol. The van der Waals surface area contributed by atoms with Crippen LogP contribution >= 0.6 is 11.6 Å². The molecule has 1 heterocycles. The summed E-state index contributed by atoms with van der Waals surface area (Å²) in [6.45, 7) is 6.79. The molecule has 0 unspecified atom stereocenters. The van der Waals surface area contributed by atoms with Crippen LogP contribution in [0.2, 0.25) is 23.7 Å². The molecule has 1 aliphatic heterocycles. The lowest BCUT2D eigenvalue weighted by molar-refractivity contribution is 0.0418. The normalized spacial score (nSPS) is 23.0. The molecule has 1 amide bonds. The smallest absolute Gasteiger partial charge is 0.453 e. The molecule has 0 spiro atoms. The van der Waals surface area contributed by atoms with E-state index in [0.717, 1.165) is 5.56 Å². The van der Waals surface area contributed by atoms with E-state index in [1.54, 1.807) is 4.90 Å². The van der Waals surface area contributed by atoms with Crippen molar-refractivity contribution in [3.8, 4) is 0 Å². The van der Waals surface area contributed by atoms with Crippen molar-refractivity contribution in [1.82, 2.24) is 4.90 Å². The summed E-state index contributed by atoms with van der Waals surface area (Å²) in [4.78, 5) is 26.6. The highest BCUT2D eigenvalue weighted by atomic mass is 35.5. The second kappa shape index (κ2) is 9.96. The van der Waals surface area contributed by atoms with E-state index < -0.39 is 20.3 Å². The zero-order valence-electron chi connectivity index (χ0n) is 19.1. The van der Waals surface area contributed by atoms with Gasteiger partial charge in [-0.25, -0.2) is 9.59 Å². The fourth-order valence-corrected chi connectivity index (χ4v) is 9.53. The predicted octanol–water partition coefficient (Wildman–Crippen LogP) is 5.24. The number of hydrogen-bond acceptors (Lipinski definition) is 5. The van der Waals surface area contributed by atoms with E-state index in [4.69, 9.17) is 21.1 Å². The Kier molecular flexibility index (Phi) is 7.51. The van der Waals surface area contributed by atoms with Crippen LogP contribution in [0.1, 0.15) is 18.5 Å². The van der Waals surface area contributed by atoms with Crippen LogP contribution in [-0.4, -0.2) is 52.1 Å². The van der Waals surface area contributed by atoms with Gasteiger partial charge in [-0.15, -0.1) is 0 Å². The van der Waals surface area contributed by atoms with Crippen LogP contribution in [-0.2, 0) is 14.2 Å². The Morgan fingerprint density at radius 2 is 1.62 bits per heavy atom. The first-order valence-corrected chi connectivity index (χ1v) is 14.1. The van der Waals surface area contributed by atoms with Crippen LogP contribution in [0, 0.1) is 5.92 Å². The van der Waals surface area contributed by atoms with Gasteiger partial charge in [-0.3, -0.25) is 4.90 Å². The average molecular weight is 476 g/mol. The van der Waals surface area contributed by atoms with Gasteiger partial charge in [-0.2, -0.15) is 0 Å². The van der Waals surface area contributed by atoms with Crippen molar-refractivity contribution in [3.05, 3.63) is 65.2 Å². The number of rotatable bonds is 5. The van der Waals surface area contributed by atoms with Crippen molar-refractivity contribution in [3.63, 3.8) is 0 Å². The first kappa shape index (κ1) is 24.1. The summed E-state index contributed by atoms with van der Waals surface area (Å²) >= 11 is 6.12. The minimum Gasteiger partial charge on any atom is -0.453 e. The molecule has 6 nitrogen and oxygen atoms in total. The lowest BCUT2D eigenvalue weighted by Gasteiger charge is -2.37. The van der Waals surface area contributed by atoms with Crippen LogP contribution in [0.5, 0.6) is 0 Å². The SMILES string of the molecule is COC(=O)OC[C@@H]1[C@@H]([Si](C)(C)c2ccccc2)[C@H](C)[C@H](c2ccc(Cl)cc2)N1C(=O)OC. The molecule has 2 aromatic carbocycles. The van der Waals surface area contributed by atoms with Crippen LogP contribution in [0.25, 0.3) is 0 Å². The van der Waals surface area contributed by atoms with E-state index in [-0.39, 0.29) is 30.1 Å². The number of nitrogens with zero attached hydrogens (tertiary/aromatic N) is 1. The minimum atomic E-state index is -2.15. The molecule has 8 heteroatoms. The number of carbonyl (C=O) groups excluding carboxylic acids is 2. The second-order valence-electron chi connectivity index (χ2n) is 8.68. The molecule has 0 radical (unpaired) electrons. The van der Waals surface area contributed by atoms with Gasteiger partial charge < -0.3 is 14.2 Å². The Morgan fingerprint density at radius 3 is 2.19 bits per heavy atom. The molecular formula is C24H30ClNO5Si. The average Bonchev–Trinajstić information content (AvgIpc) is 3.10. The third-order valence-corrected chi connectivity index (χ3v) is 11.3. The zero-order chi connectivity index (χ0) is 23.5. The molecule has 0 N–H and O–H groups in total. The van der Waals surface area contributed by atoms with E-state index in [0.29, 0.717) is 5.02 Å². The van der Waals surface area contributed by atoms with E-state index in [9.17, 15) is 9.59 Å². The van der Waals surface area contributed by atoms with Crippen molar-refractivity contribution >= 4 is 37.1 Å². The summed E-state index contributed by atoms with van der Waals surface area (Å²) in [5.41, 5.74) is 1.06. The van der Waals surface area contributed by atoms with Crippen molar-refractivity contribution in [2.45, 2.75) is 37.6 Å². The molecule has 1 fully saturated rings. The molecule has 0 saturated carbocycles. The highest BCUT2D eigenvalue weighted by molar-refractivity contribution is 6.91. The number of halogens is 1. The fourth-order valence-electron chi connectivity index (χ4n) is 5.25. The second-order valence-corrected chi connectivity index (χ2v) is 13.8. The summed E-state index contributed by atoms with van der Waals surface area (Å²) in [5, 5.41) is 1.91. The molecule has 32 heavy (non-hydrogen) atoms. The van der Waals surface area contributed by atoms with E-state index >= 15 is 0 Å². The van der Waals surface area contributed by atoms with Crippen molar-refractivity contribution in [2.24, 2.45) is 5.92 Å². The maximum absolute atomic E-state index is 13.1. The van der Waals surface area contributed by atoms with Gasteiger partial charge in [0, 0.05) is 5.02 Å². The number of benzene rings is 2. The summed E-state index contributed by atoms with van der Waals surface area (Å²) in [5.74, 6) is 0.0865. The molecule has 3 rings (SSSR count). The molecule has 2 aromatic rings. The van der Waals surface area contributed by atoms with E-state index in [2.05, 4.69) is 36.9 Å². The maximum Gasteiger partial charge on any atom is 0.508 e. The first-order valence-electron chi connectivity index (χ1n) is 10.6. The molecule has 1 saturated heterocycles. The first-order chi connectivity index (χ1) is 15.2. The summed E-state index contributed by atoms with van der Waals surface area (Å²) < 4.78 is 15.3. The van der Waals surface area contributed by atoms with Crippen molar-refractivity contribution in [1.29, 1.82) is 0 Å².